The summed E-state index contributed by atoms with van der Waals surface area (Å²) in [5.74, 6) is 1.79. The van der Waals surface area contributed by atoms with E-state index >= 15 is 0 Å². The van der Waals surface area contributed by atoms with Crippen molar-refractivity contribution in [1.82, 2.24) is 5.32 Å². The van der Waals surface area contributed by atoms with Gasteiger partial charge in [0.05, 0.1) is 18.7 Å². The van der Waals surface area contributed by atoms with Gasteiger partial charge in [0, 0.05) is 19.2 Å². The molecule has 0 amide bonds. The Hall–Kier alpha value is -2.08. The number of hydrogen-bond donors (Lipinski definition) is 1. The first-order valence-corrected chi connectivity index (χ1v) is 9.31. The topological polar surface area (TPSA) is 42.9 Å². The summed E-state index contributed by atoms with van der Waals surface area (Å²) >= 11 is 1.69. The highest BCUT2D eigenvalue weighted by atomic mass is 35.5. The van der Waals surface area contributed by atoms with Crippen LogP contribution >= 0.6 is 23.7 Å². The van der Waals surface area contributed by atoms with E-state index in [0.29, 0.717) is 13.2 Å². The fraction of sp³-hybridized carbons (Fsp3) is 0.250. The van der Waals surface area contributed by atoms with E-state index in [4.69, 9.17) is 9.47 Å². The van der Waals surface area contributed by atoms with Crippen molar-refractivity contribution >= 4 is 40.4 Å². The quantitative estimate of drug-likeness (QED) is 0.638. The normalized spacial score (nSPS) is 13.2. The van der Waals surface area contributed by atoms with Gasteiger partial charge in [0.1, 0.15) is 18.2 Å². The number of nitrogens with one attached hydrogen (secondary N) is 1. The number of rotatable bonds is 6. The van der Waals surface area contributed by atoms with Crippen molar-refractivity contribution in [2.45, 2.75) is 0 Å². The molecule has 0 radical (unpaired) electrons. The Kier molecular flexibility index (Phi) is 6.14. The van der Waals surface area contributed by atoms with Crippen molar-refractivity contribution in [3.8, 4) is 16.9 Å². The van der Waals surface area contributed by atoms with Crippen LogP contribution in [0.4, 0.5) is 0 Å². The van der Waals surface area contributed by atoms with Crippen LogP contribution < -0.4 is 10.1 Å². The minimum Gasteiger partial charge on any atom is -0.490 e. The summed E-state index contributed by atoms with van der Waals surface area (Å²) in [6, 6.07) is 12.7. The molecule has 3 aromatic rings. The molecule has 0 bridgehead atoms. The molecule has 1 aliphatic rings. The maximum absolute atomic E-state index is 6.21. The fourth-order valence-corrected chi connectivity index (χ4v) is 3.80. The molecule has 4 rings (SSSR count). The first-order valence-electron chi connectivity index (χ1n) is 8.37. The minimum absolute atomic E-state index is 0. The molecule has 1 aromatic heterocycles. The number of benzene rings is 2. The van der Waals surface area contributed by atoms with Crippen molar-refractivity contribution in [3.05, 3.63) is 52.7 Å². The highest BCUT2D eigenvalue weighted by Gasteiger charge is 2.21. The molecular weight excluding hydrogens is 368 g/mol. The molecule has 2 aromatic carbocycles. The Bertz CT molecular complexity index is 910. The van der Waals surface area contributed by atoms with E-state index in [1.165, 1.54) is 16.3 Å². The van der Waals surface area contributed by atoms with Gasteiger partial charge >= 0.3 is 0 Å². The molecule has 26 heavy (non-hydrogen) atoms. The molecule has 4 nitrogen and oxygen atoms in total. The van der Waals surface area contributed by atoms with E-state index < -0.39 is 0 Å². The number of hydrogen-bond acceptors (Lipinski definition) is 5. The summed E-state index contributed by atoms with van der Waals surface area (Å²) in [5.41, 5.74) is 3.32. The molecule has 0 spiro atoms. The van der Waals surface area contributed by atoms with E-state index in [1.54, 1.807) is 18.4 Å². The van der Waals surface area contributed by atoms with Crippen LogP contribution in [0.3, 0.4) is 0 Å². The predicted octanol–water partition coefficient (Wildman–Crippen LogP) is 4.37. The van der Waals surface area contributed by atoms with Crippen molar-refractivity contribution < 1.29 is 9.47 Å². The third-order valence-corrected chi connectivity index (χ3v) is 4.96. The number of amidine groups is 1. The number of thiophene rings is 1. The Morgan fingerprint density at radius 1 is 1.19 bits per heavy atom. The minimum atomic E-state index is 0. The van der Waals surface area contributed by atoms with Gasteiger partial charge in [-0.2, -0.15) is 11.3 Å². The van der Waals surface area contributed by atoms with Crippen LogP contribution in [-0.4, -0.2) is 39.2 Å². The van der Waals surface area contributed by atoms with Gasteiger partial charge in [-0.05, 0) is 39.2 Å². The summed E-state index contributed by atoms with van der Waals surface area (Å²) in [4.78, 5) is 4.62. The molecule has 1 aliphatic heterocycles. The summed E-state index contributed by atoms with van der Waals surface area (Å²) in [5, 5.41) is 10.0. The average molecular weight is 389 g/mol. The van der Waals surface area contributed by atoms with Crippen LogP contribution in [0.5, 0.6) is 5.75 Å². The van der Waals surface area contributed by atoms with Gasteiger partial charge in [-0.15, -0.1) is 12.4 Å². The number of methoxy groups -OCH3 is 1. The molecule has 136 valence electrons. The number of halogens is 1. The summed E-state index contributed by atoms with van der Waals surface area (Å²) in [6.07, 6.45) is 0. The summed E-state index contributed by atoms with van der Waals surface area (Å²) < 4.78 is 11.4. The largest absolute Gasteiger partial charge is 0.490 e. The lowest BCUT2D eigenvalue weighted by molar-refractivity contribution is 0.146. The highest BCUT2D eigenvalue weighted by molar-refractivity contribution is 7.08. The second-order valence-electron chi connectivity index (χ2n) is 5.86. The van der Waals surface area contributed by atoms with Gasteiger partial charge in [0.25, 0.3) is 0 Å². The standard InChI is InChI=1S/C20H20N2O2S.ClH/c1-23-9-10-24-19-17(20-21-7-8-22-20)12-14-4-2-3-5-16(14)18(19)15-6-11-25-13-15;/h2-6,11-13H,7-10H2,1H3,(H,21,22);1H. The number of nitrogens with zero attached hydrogens (tertiary/aromatic N) is 1. The zero-order valence-corrected chi connectivity index (χ0v) is 16.2. The van der Waals surface area contributed by atoms with Gasteiger partial charge < -0.3 is 14.8 Å². The van der Waals surface area contributed by atoms with E-state index in [1.807, 2.05) is 0 Å². The first-order chi connectivity index (χ1) is 12.4. The zero-order chi connectivity index (χ0) is 17.1. The number of fused-ring (bicyclic) bond motifs is 1. The van der Waals surface area contributed by atoms with Crippen molar-refractivity contribution in [2.75, 3.05) is 33.4 Å². The second kappa shape index (κ2) is 8.54. The molecule has 0 unspecified atom stereocenters. The van der Waals surface area contributed by atoms with E-state index in [0.717, 1.165) is 35.8 Å². The predicted molar refractivity (Wildman–Crippen MR) is 111 cm³/mol. The van der Waals surface area contributed by atoms with E-state index in [9.17, 15) is 0 Å². The lowest BCUT2D eigenvalue weighted by Gasteiger charge is -2.18. The second-order valence-corrected chi connectivity index (χ2v) is 6.64. The SMILES string of the molecule is COCCOc1c(C2=NCCN2)cc2ccccc2c1-c1ccsc1.Cl. The van der Waals surface area contributed by atoms with Crippen LogP contribution in [0.25, 0.3) is 21.9 Å². The molecule has 1 N–H and O–H groups in total. The Labute approximate surface area is 163 Å². The Balaban J connectivity index is 0.00000196. The summed E-state index contributed by atoms with van der Waals surface area (Å²) in [7, 11) is 1.69. The van der Waals surface area contributed by atoms with Crippen LogP contribution in [0.15, 0.2) is 52.2 Å². The highest BCUT2D eigenvalue weighted by Crippen LogP contribution is 2.41. The van der Waals surface area contributed by atoms with Gasteiger partial charge in [0.15, 0.2) is 0 Å². The number of aliphatic imine (C=N–C) groups is 1. The van der Waals surface area contributed by atoms with Gasteiger partial charge in [0.2, 0.25) is 0 Å². The van der Waals surface area contributed by atoms with Crippen molar-refractivity contribution in [3.63, 3.8) is 0 Å². The third-order valence-electron chi connectivity index (χ3n) is 4.27. The fourth-order valence-electron chi connectivity index (χ4n) is 3.15. The van der Waals surface area contributed by atoms with Crippen LogP contribution in [0.2, 0.25) is 0 Å². The van der Waals surface area contributed by atoms with Crippen molar-refractivity contribution in [2.24, 2.45) is 4.99 Å². The smallest absolute Gasteiger partial charge is 0.138 e. The maximum atomic E-state index is 6.21. The monoisotopic (exact) mass is 388 g/mol. The van der Waals surface area contributed by atoms with E-state index in [2.05, 4.69) is 57.5 Å². The lowest BCUT2D eigenvalue weighted by atomic mass is 9.95. The third kappa shape index (κ3) is 3.56. The molecule has 0 saturated heterocycles. The average Bonchev–Trinajstić information content (AvgIpc) is 3.35. The number of ether oxygens (including phenoxy) is 2. The van der Waals surface area contributed by atoms with Crippen LogP contribution in [0.1, 0.15) is 5.56 Å². The molecular formula is C20H21ClN2O2S. The lowest BCUT2D eigenvalue weighted by Crippen LogP contribution is -2.21. The van der Waals surface area contributed by atoms with Crippen LogP contribution in [-0.2, 0) is 4.74 Å². The van der Waals surface area contributed by atoms with Crippen molar-refractivity contribution in [1.29, 1.82) is 0 Å². The van der Waals surface area contributed by atoms with Crippen LogP contribution in [0, 0.1) is 0 Å². The Morgan fingerprint density at radius 2 is 2.08 bits per heavy atom. The molecule has 0 atom stereocenters. The first kappa shape index (κ1) is 18.7. The van der Waals surface area contributed by atoms with Gasteiger partial charge in [-0.25, -0.2) is 0 Å². The molecule has 0 saturated carbocycles. The van der Waals surface area contributed by atoms with E-state index in [-0.39, 0.29) is 12.4 Å². The molecule has 0 aliphatic carbocycles. The molecule has 0 fully saturated rings. The maximum Gasteiger partial charge on any atom is 0.138 e. The molecule has 2 heterocycles. The van der Waals surface area contributed by atoms with Gasteiger partial charge in [-0.1, -0.05) is 24.3 Å². The zero-order valence-electron chi connectivity index (χ0n) is 14.5. The Morgan fingerprint density at radius 3 is 2.81 bits per heavy atom. The molecule has 6 heteroatoms. The summed E-state index contributed by atoms with van der Waals surface area (Å²) in [6.45, 7) is 2.72. The van der Waals surface area contributed by atoms with Gasteiger partial charge in [-0.3, -0.25) is 4.99 Å².